The number of hydrogen-bond acceptors (Lipinski definition) is 0. The molecule has 0 aromatic heterocycles. The largest absolute Gasteiger partial charge is 0.203 e. The summed E-state index contributed by atoms with van der Waals surface area (Å²) in [5.41, 5.74) is 0.845. The van der Waals surface area contributed by atoms with E-state index >= 15 is 0 Å². The summed E-state index contributed by atoms with van der Waals surface area (Å²) in [6.07, 6.45) is 0. The average Bonchev–Trinajstić information content (AvgIpc) is 2.36. The fourth-order valence-corrected chi connectivity index (χ4v) is 1.70. The third kappa shape index (κ3) is 2.83. The second-order valence-electron chi connectivity index (χ2n) is 3.34. The Kier molecular flexibility index (Phi) is 3.75. The molecule has 0 unspecified atom stereocenters. The smallest absolute Gasteiger partial charge is 0.175 e. The van der Waals surface area contributed by atoms with E-state index in [1.807, 2.05) is 30.3 Å². The molecule has 0 amide bonds. The summed E-state index contributed by atoms with van der Waals surface area (Å²) in [4.78, 5) is 0. The van der Waals surface area contributed by atoms with E-state index in [0.717, 1.165) is 5.56 Å². The highest BCUT2D eigenvalue weighted by molar-refractivity contribution is 14.1. The predicted molar refractivity (Wildman–Crippen MR) is 71.5 cm³/mol. The fraction of sp³-hybridized carbons (Fsp3) is 0. The Labute approximate surface area is 112 Å². The van der Waals surface area contributed by atoms with Gasteiger partial charge in [0.05, 0.1) is 9.13 Å². The number of rotatable bonds is 0. The van der Waals surface area contributed by atoms with Gasteiger partial charge in [-0.3, -0.25) is 0 Å². The summed E-state index contributed by atoms with van der Waals surface area (Å²) < 4.78 is 27.0. The molecule has 84 valence electrons. The maximum atomic E-state index is 13.5. The van der Waals surface area contributed by atoms with E-state index in [4.69, 9.17) is 0 Å². The third-order valence-electron chi connectivity index (χ3n) is 2.15. The topological polar surface area (TPSA) is 0 Å². The van der Waals surface area contributed by atoms with Crippen molar-refractivity contribution in [1.82, 2.24) is 0 Å². The van der Waals surface area contributed by atoms with Crippen molar-refractivity contribution in [2.24, 2.45) is 0 Å². The molecule has 3 heteroatoms. The molecule has 2 rings (SSSR count). The van der Waals surface area contributed by atoms with Crippen LogP contribution in [0.2, 0.25) is 0 Å². The first-order valence-electron chi connectivity index (χ1n) is 4.89. The van der Waals surface area contributed by atoms with Crippen LogP contribution in [0.3, 0.4) is 0 Å². The Morgan fingerprint density at radius 2 is 1.53 bits per heavy atom. The van der Waals surface area contributed by atoms with Gasteiger partial charge in [0.15, 0.2) is 11.6 Å². The van der Waals surface area contributed by atoms with Gasteiger partial charge in [-0.25, -0.2) is 8.78 Å². The zero-order valence-electron chi connectivity index (χ0n) is 8.68. The van der Waals surface area contributed by atoms with Gasteiger partial charge in [-0.15, -0.1) is 0 Å². The minimum Gasteiger partial charge on any atom is -0.203 e. The van der Waals surface area contributed by atoms with Crippen LogP contribution in [0.25, 0.3) is 0 Å². The number of hydrogen-bond donors (Lipinski definition) is 0. The van der Waals surface area contributed by atoms with E-state index < -0.39 is 11.6 Å². The average molecular weight is 340 g/mol. The highest BCUT2D eigenvalue weighted by Gasteiger charge is 2.09. The van der Waals surface area contributed by atoms with Gasteiger partial charge in [-0.2, -0.15) is 0 Å². The lowest BCUT2D eigenvalue weighted by molar-refractivity contribution is 0.501. The van der Waals surface area contributed by atoms with Crippen molar-refractivity contribution in [3.63, 3.8) is 0 Å². The molecular formula is C14H7F2I. The first-order valence-corrected chi connectivity index (χ1v) is 5.97. The van der Waals surface area contributed by atoms with Gasteiger partial charge >= 0.3 is 0 Å². The molecule has 17 heavy (non-hydrogen) atoms. The van der Waals surface area contributed by atoms with E-state index in [0.29, 0.717) is 0 Å². The minimum absolute atomic E-state index is 0.0757. The fourth-order valence-electron chi connectivity index (χ4n) is 1.28. The summed E-state index contributed by atoms with van der Waals surface area (Å²) in [5.74, 6) is 3.69. The first-order chi connectivity index (χ1) is 8.18. The third-order valence-corrected chi connectivity index (χ3v) is 2.98. The second kappa shape index (κ2) is 5.28. The minimum atomic E-state index is -0.889. The summed E-state index contributed by atoms with van der Waals surface area (Å²) in [7, 11) is 0. The monoisotopic (exact) mass is 340 g/mol. The standard InChI is InChI=1S/C14H7F2I/c15-13-11(8-9-12(17)14(13)16)7-6-10-4-2-1-3-5-10/h1-5,8-9H. The van der Waals surface area contributed by atoms with Gasteiger partial charge in [0.1, 0.15) is 0 Å². The number of halogens is 3. The Hall–Kier alpha value is -1.41. The molecule has 2 aromatic rings. The van der Waals surface area contributed by atoms with Crippen LogP contribution >= 0.6 is 22.6 Å². The van der Waals surface area contributed by atoms with E-state index in [2.05, 4.69) is 11.8 Å². The zero-order valence-corrected chi connectivity index (χ0v) is 10.8. The SMILES string of the molecule is Fc1c(I)ccc(C#Cc2ccccc2)c1F. The summed E-state index contributed by atoms with van der Waals surface area (Å²) in [6.45, 7) is 0. The second-order valence-corrected chi connectivity index (χ2v) is 4.50. The van der Waals surface area contributed by atoms with Crippen LogP contribution in [-0.2, 0) is 0 Å². The van der Waals surface area contributed by atoms with Crippen LogP contribution in [0, 0.1) is 27.0 Å². The van der Waals surface area contributed by atoms with E-state index in [1.54, 1.807) is 22.6 Å². The molecular weight excluding hydrogens is 333 g/mol. The highest BCUT2D eigenvalue weighted by Crippen LogP contribution is 2.17. The first kappa shape index (κ1) is 12.1. The quantitative estimate of drug-likeness (QED) is 0.387. The number of benzene rings is 2. The molecule has 0 heterocycles. The Balaban J connectivity index is 2.38. The molecule has 0 spiro atoms. The van der Waals surface area contributed by atoms with Gasteiger partial charge in [0.2, 0.25) is 0 Å². The molecule has 0 radical (unpaired) electrons. The lowest BCUT2D eigenvalue weighted by Crippen LogP contribution is -1.92. The van der Waals surface area contributed by atoms with Crippen molar-refractivity contribution in [2.45, 2.75) is 0 Å². The van der Waals surface area contributed by atoms with Gasteiger partial charge in [0, 0.05) is 5.56 Å². The van der Waals surface area contributed by atoms with Crippen LogP contribution in [0.15, 0.2) is 42.5 Å². The summed E-state index contributed by atoms with van der Waals surface area (Å²) in [5, 5.41) is 0. The Bertz CT molecular complexity index is 595. The molecule has 0 nitrogen and oxygen atoms in total. The van der Waals surface area contributed by atoms with Crippen molar-refractivity contribution in [1.29, 1.82) is 0 Å². The summed E-state index contributed by atoms with van der Waals surface area (Å²) >= 11 is 1.74. The van der Waals surface area contributed by atoms with E-state index in [9.17, 15) is 8.78 Å². The molecule has 0 N–H and O–H groups in total. The molecule has 0 atom stereocenters. The van der Waals surface area contributed by atoms with E-state index in [-0.39, 0.29) is 9.13 Å². The van der Waals surface area contributed by atoms with Crippen LogP contribution in [-0.4, -0.2) is 0 Å². The lowest BCUT2D eigenvalue weighted by Gasteiger charge is -1.98. The molecule has 0 aliphatic rings. The molecule has 0 bridgehead atoms. The lowest BCUT2D eigenvalue weighted by atomic mass is 10.1. The Morgan fingerprint density at radius 1 is 0.824 bits per heavy atom. The highest BCUT2D eigenvalue weighted by atomic mass is 127. The maximum Gasteiger partial charge on any atom is 0.175 e. The normalized spacial score (nSPS) is 9.59. The molecule has 0 fully saturated rings. The van der Waals surface area contributed by atoms with Gasteiger partial charge in [0.25, 0.3) is 0 Å². The predicted octanol–water partition coefficient (Wildman–Crippen LogP) is 3.97. The summed E-state index contributed by atoms with van der Waals surface area (Å²) in [6, 6.07) is 12.2. The molecule has 0 aliphatic heterocycles. The molecule has 0 saturated heterocycles. The zero-order chi connectivity index (χ0) is 12.3. The van der Waals surface area contributed by atoms with Crippen LogP contribution in [0.5, 0.6) is 0 Å². The Morgan fingerprint density at radius 3 is 2.24 bits per heavy atom. The van der Waals surface area contributed by atoms with Crippen molar-refractivity contribution in [3.8, 4) is 11.8 Å². The van der Waals surface area contributed by atoms with E-state index in [1.165, 1.54) is 12.1 Å². The van der Waals surface area contributed by atoms with Gasteiger partial charge in [-0.1, -0.05) is 30.0 Å². The van der Waals surface area contributed by atoms with Crippen molar-refractivity contribution in [2.75, 3.05) is 0 Å². The van der Waals surface area contributed by atoms with Crippen molar-refractivity contribution < 1.29 is 8.78 Å². The van der Waals surface area contributed by atoms with Gasteiger partial charge < -0.3 is 0 Å². The molecule has 0 saturated carbocycles. The molecule has 0 aliphatic carbocycles. The maximum absolute atomic E-state index is 13.5. The van der Waals surface area contributed by atoms with Crippen LogP contribution < -0.4 is 0 Å². The molecule has 2 aromatic carbocycles. The van der Waals surface area contributed by atoms with Crippen LogP contribution in [0.1, 0.15) is 11.1 Å². The van der Waals surface area contributed by atoms with Crippen molar-refractivity contribution >= 4 is 22.6 Å². The van der Waals surface area contributed by atoms with Crippen molar-refractivity contribution in [3.05, 3.63) is 68.8 Å². The van der Waals surface area contributed by atoms with Crippen LogP contribution in [0.4, 0.5) is 8.78 Å². The van der Waals surface area contributed by atoms with Gasteiger partial charge in [-0.05, 0) is 46.9 Å².